The summed E-state index contributed by atoms with van der Waals surface area (Å²) in [6.07, 6.45) is 7.86. The summed E-state index contributed by atoms with van der Waals surface area (Å²) in [5, 5.41) is 0. The molecule has 0 aliphatic heterocycles. The van der Waals surface area contributed by atoms with E-state index in [-0.39, 0.29) is 11.9 Å². The zero-order valence-corrected chi connectivity index (χ0v) is 14.1. The van der Waals surface area contributed by atoms with Crippen molar-refractivity contribution in [2.75, 3.05) is 13.2 Å². The van der Waals surface area contributed by atoms with Crippen molar-refractivity contribution in [3.8, 4) is 11.8 Å². The Morgan fingerprint density at radius 2 is 1.14 bits per heavy atom. The van der Waals surface area contributed by atoms with Crippen LogP contribution in [0.15, 0.2) is 0 Å². The van der Waals surface area contributed by atoms with Crippen LogP contribution in [-0.2, 0) is 19.1 Å². The predicted molar refractivity (Wildman–Crippen MR) is 87.2 cm³/mol. The maximum absolute atomic E-state index is 11.4. The third-order valence-electron chi connectivity index (χ3n) is 3.06. The number of ether oxygens (including phenoxy) is 2. The molecule has 0 atom stereocenters. The summed E-state index contributed by atoms with van der Waals surface area (Å²) in [5.41, 5.74) is 0. The molecule has 0 aromatic carbocycles. The second kappa shape index (κ2) is 15.9. The molecule has 0 rings (SSSR count). The second-order valence-electron chi connectivity index (χ2n) is 5.21. The quantitative estimate of drug-likeness (QED) is 0.310. The molecule has 0 spiro atoms. The predicted octanol–water partition coefficient (Wildman–Crippen LogP) is 4.02. The van der Waals surface area contributed by atoms with Gasteiger partial charge in [0.05, 0.1) is 26.1 Å². The zero-order chi connectivity index (χ0) is 16.5. The van der Waals surface area contributed by atoms with E-state index in [1.54, 1.807) is 0 Å². The zero-order valence-electron chi connectivity index (χ0n) is 14.1. The fraction of sp³-hybridized carbons (Fsp3) is 0.778. The van der Waals surface area contributed by atoms with E-state index in [1.807, 2.05) is 0 Å². The van der Waals surface area contributed by atoms with Crippen molar-refractivity contribution in [2.24, 2.45) is 0 Å². The van der Waals surface area contributed by atoms with Crippen LogP contribution >= 0.6 is 0 Å². The van der Waals surface area contributed by atoms with Gasteiger partial charge in [0, 0.05) is 12.8 Å². The van der Waals surface area contributed by atoms with Gasteiger partial charge >= 0.3 is 11.9 Å². The lowest BCUT2D eigenvalue weighted by Crippen LogP contribution is -2.05. The summed E-state index contributed by atoms with van der Waals surface area (Å²) >= 11 is 0. The monoisotopic (exact) mass is 310 g/mol. The number of carbonyl (C=O) groups is 2. The van der Waals surface area contributed by atoms with E-state index in [0.717, 1.165) is 38.5 Å². The first kappa shape index (κ1) is 20.5. The maximum Gasteiger partial charge on any atom is 0.306 e. The van der Waals surface area contributed by atoms with Crippen molar-refractivity contribution in [3.05, 3.63) is 0 Å². The molecule has 0 fully saturated rings. The van der Waals surface area contributed by atoms with Crippen LogP contribution in [0.25, 0.3) is 0 Å². The Morgan fingerprint density at radius 3 is 1.50 bits per heavy atom. The number of carbonyl (C=O) groups excluding carboxylic acids is 2. The molecule has 126 valence electrons. The van der Waals surface area contributed by atoms with Gasteiger partial charge in [-0.3, -0.25) is 9.59 Å². The Labute approximate surface area is 134 Å². The molecular weight excluding hydrogens is 280 g/mol. The van der Waals surface area contributed by atoms with Crippen molar-refractivity contribution < 1.29 is 19.1 Å². The fourth-order valence-corrected chi connectivity index (χ4v) is 1.73. The van der Waals surface area contributed by atoms with Gasteiger partial charge in [-0.15, -0.1) is 11.8 Å². The lowest BCUT2D eigenvalue weighted by molar-refractivity contribution is -0.144. The highest BCUT2D eigenvalue weighted by Gasteiger charge is 2.01. The van der Waals surface area contributed by atoms with E-state index in [2.05, 4.69) is 25.7 Å². The summed E-state index contributed by atoms with van der Waals surface area (Å²) < 4.78 is 10.1. The molecule has 0 aliphatic rings. The minimum atomic E-state index is -0.194. The summed E-state index contributed by atoms with van der Waals surface area (Å²) in [5.74, 6) is 5.39. The summed E-state index contributed by atoms with van der Waals surface area (Å²) in [4.78, 5) is 22.7. The molecule has 0 amide bonds. The van der Waals surface area contributed by atoms with Crippen LogP contribution in [0.4, 0.5) is 0 Å². The average molecular weight is 310 g/mol. The minimum absolute atomic E-state index is 0.194. The Kier molecular flexibility index (Phi) is 14.8. The molecule has 0 aliphatic carbocycles. The Bertz CT molecular complexity index is 320. The summed E-state index contributed by atoms with van der Waals surface area (Å²) in [6.45, 7) is 5.23. The van der Waals surface area contributed by atoms with Gasteiger partial charge < -0.3 is 9.47 Å². The van der Waals surface area contributed by atoms with E-state index >= 15 is 0 Å². The van der Waals surface area contributed by atoms with Crippen LogP contribution in [0.5, 0.6) is 0 Å². The SMILES string of the molecule is CCCCCOC(=O)CCC#CCCC(=O)OCCCCC. The minimum Gasteiger partial charge on any atom is -0.466 e. The van der Waals surface area contributed by atoms with Crippen LogP contribution in [0, 0.1) is 11.8 Å². The van der Waals surface area contributed by atoms with Crippen molar-refractivity contribution in [2.45, 2.75) is 78.1 Å². The third kappa shape index (κ3) is 14.9. The summed E-state index contributed by atoms with van der Waals surface area (Å²) in [7, 11) is 0. The Morgan fingerprint density at radius 1 is 0.727 bits per heavy atom. The van der Waals surface area contributed by atoms with Crippen LogP contribution in [0.3, 0.4) is 0 Å². The molecule has 22 heavy (non-hydrogen) atoms. The molecule has 0 heterocycles. The number of unbranched alkanes of at least 4 members (excludes halogenated alkanes) is 4. The van der Waals surface area contributed by atoms with Crippen LogP contribution in [0.2, 0.25) is 0 Å². The van der Waals surface area contributed by atoms with E-state index in [1.165, 1.54) is 0 Å². The molecule has 0 N–H and O–H groups in total. The lowest BCUT2D eigenvalue weighted by Gasteiger charge is -2.02. The first-order valence-corrected chi connectivity index (χ1v) is 8.47. The fourth-order valence-electron chi connectivity index (χ4n) is 1.73. The van der Waals surface area contributed by atoms with Gasteiger partial charge in [0.25, 0.3) is 0 Å². The summed E-state index contributed by atoms with van der Waals surface area (Å²) in [6, 6.07) is 0. The molecule has 0 radical (unpaired) electrons. The van der Waals surface area contributed by atoms with Crippen molar-refractivity contribution >= 4 is 11.9 Å². The smallest absolute Gasteiger partial charge is 0.306 e. The number of hydrogen-bond donors (Lipinski definition) is 0. The molecule has 0 saturated heterocycles. The Balaban J connectivity index is 3.47. The molecule has 0 unspecified atom stereocenters. The Hall–Kier alpha value is -1.50. The van der Waals surface area contributed by atoms with Crippen molar-refractivity contribution in [1.82, 2.24) is 0 Å². The highest BCUT2D eigenvalue weighted by Crippen LogP contribution is 1.99. The highest BCUT2D eigenvalue weighted by atomic mass is 16.5. The maximum atomic E-state index is 11.4. The van der Waals surface area contributed by atoms with Crippen LogP contribution in [0.1, 0.15) is 78.1 Å². The molecule has 4 heteroatoms. The standard InChI is InChI=1S/C18H30O4/c1-3-5-11-15-21-17(19)13-9-7-8-10-14-18(20)22-16-12-6-4-2/h3-6,9-16H2,1-2H3. The molecule has 4 nitrogen and oxygen atoms in total. The van der Waals surface area contributed by atoms with Gasteiger partial charge in [0.15, 0.2) is 0 Å². The number of hydrogen-bond acceptors (Lipinski definition) is 4. The molecular formula is C18H30O4. The van der Waals surface area contributed by atoms with Crippen molar-refractivity contribution in [3.63, 3.8) is 0 Å². The topological polar surface area (TPSA) is 52.6 Å². The van der Waals surface area contributed by atoms with Crippen LogP contribution in [-0.4, -0.2) is 25.2 Å². The number of rotatable bonds is 12. The van der Waals surface area contributed by atoms with Gasteiger partial charge in [0.1, 0.15) is 0 Å². The highest BCUT2D eigenvalue weighted by molar-refractivity contribution is 5.70. The van der Waals surface area contributed by atoms with Gasteiger partial charge in [-0.2, -0.15) is 0 Å². The first-order chi connectivity index (χ1) is 10.7. The molecule has 0 aromatic rings. The largest absolute Gasteiger partial charge is 0.466 e. The molecule has 0 aromatic heterocycles. The molecule has 0 saturated carbocycles. The average Bonchev–Trinajstić information content (AvgIpc) is 2.51. The first-order valence-electron chi connectivity index (χ1n) is 8.47. The van der Waals surface area contributed by atoms with Gasteiger partial charge in [-0.25, -0.2) is 0 Å². The van der Waals surface area contributed by atoms with E-state index < -0.39 is 0 Å². The number of esters is 2. The second-order valence-corrected chi connectivity index (χ2v) is 5.21. The van der Waals surface area contributed by atoms with E-state index in [4.69, 9.17) is 9.47 Å². The van der Waals surface area contributed by atoms with Gasteiger partial charge in [-0.05, 0) is 12.8 Å². The normalized spacial score (nSPS) is 9.73. The van der Waals surface area contributed by atoms with Gasteiger partial charge in [0.2, 0.25) is 0 Å². The van der Waals surface area contributed by atoms with E-state index in [0.29, 0.717) is 38.9 Å². The lowest BCUT2D eigenvalue weighted by atomic mass is 10.2. The van der Waals surface area contributed by atoms with Crippen molar-refractivity contribution in [1.29, 1.82) is 0 Å². The van der Waals surface area contributed by atoms with Gasteiger partial charge in [-0.1, -0.05) is 39.5 Å². The van der Waals surface area contributed by atoms with E-state index in [9.17, 15) is 9.59 Å². The third-order valence-corrected chi connectivity index (χ3v) is 3.06. The van der Waals surface area contributed by atoms with Crippen LogP contribution < -0.4 is 0 Å². The molecule has 0 bridgehead atoms.